The Morgan fingerprint density at radius 3 is 2.41 bits per heavy atom. The molecule has 10 nitrogen and oxygen atoms in total. The summed E-state index contributed by atoms with van der Waals surface area (Å²) in [6.07, 6.45) is -1.55. The summed E-state index contributed by atoms with van der Waals surface area (Å²) in [5.74, 6) is -3.39. The number of hydrogen-bond acceptors (Lipinski definition) is 7. The molecular weight excluding hydrogens is 504 g/mol. The van der Waals surface area contributed by atoms with Crippen LogP contribution in [0.25, 0.3) is 10.9 Å². The summed E-state index contributed by atoms with van der Waals surface area (Å²) in [6, 6.07) is 3.54. The summed E-state index contributed by atoms with van der Waals surface area (Å²) in [4.78, 5) is 34.6. The SMILES string of the molecule is N#Cc1c(N2C[C@@H]3CCCN[C@@H]3C2)c(F)cc2c(=O)c(OC(=O)O)cn(C3CC3)c12.O=C(O)C(F)(F)F. The first kappa shape index (κ1) is 26.2. The number of rotatable bonds is 3. The van der Waals surface area contributed by atoms with Crippen molar-refractivity contribution in [2.75, 3.05) is 24.5 Å². The summed E-state index contributed by atoms with van der Waals surface area (Å²) in [6.45, 7) is 2.20. The Labute approximate surface area is 206 Å². The minimum absolute atomic E-state index is 0.0254. The molecule has 2 aromatic rings. The molecule has 198 valence electrons. The van der Waals surface area contributed by atoms with Gasteiger partial charge in [-0.15, -0.1) is 0 Å². The number of nitrogens with zero attached hydrogens (tertiary/aromatic N) is 3. The number of anilines is 1. The second-order valence-corrected chi connectivity index (χ2v) is 9.09. The van der Waals surface area contributed by atoms with Gasteiger partial charge < -0.3 is 29.7 Å². The first-order chi connectivity index (χ1) is 17.4. The Morgan fingerprint density at radius 1 is 1.19 bits per heavy atom. The van der Waals surface area contributed by atoms with E-state index >= 15 is 4.39 Å². The summed E-state index contributed by atoms with van der Waals surface area (Å²) in [7, 11) is 0. The second-order valence-electron chi connectivity index (χ2n) is 9.09. The van der Waals surface area contributed by atoms with Crippen molar-refractivity contribution in [1.82, 2.24) is 9.88 Å². The molecule has 3 fully saturated rings. The molecule has 0 amide bonds. The Balaban J connectivity index is 0.000000405. The van der Waals surface area contributed by atoms with Crippen LogP contribution in [0.15, 0.2) is 17.1 Å². The van der Waals surface area contributed by atoms with Crippen molar-refractivity contribution in [3.05, 3.63) is 33.9 Å². The molecule has 5 rings (SSSR count). The topological polar surface area (TPSA) is 145 Å². The van der Waals surface area contributed by atoms with Crippen LogP contribution in [0.2, 0.25) is 0 Å². The second kappa shape index (κ2) is 9.89. The minimum atomic E-state index is -5.08. The number of carboxylic acids is 1. The van der Waals surface area contributed by atoms with Crippen LogP contribution in [0.5, 0.6) is 5.75 Å². The molecule has 14 heteroatoms. The van der Waals surface area contributed by atoms with Crippen molar-refractivity contribution in [3.8, 4) is 11.8 Å². The van der Waals surface area contributed by atoms with Crippen molar-refractivity contribution in [1.29, 1.82) is 5.26 Å². The fourth-order valence-corrected chi connectivity index (χ4v) is 4.91. The Bertz CT molecular complexity index is 1330. The molecular formula is C23H22F4N4O6. The van der Waals surface area contributed by atoms with Crippen molar-refractivity contribution < 1.29 is 42.1 Å². The van der Waals surface area contributed by atoms with Gasteiger partial charge in [0.15, 0.2) is 5.75 Å². The zero-order valence-corrected chi connectivity index (χ0v) is 19.2. The van der Waals surface area contributed by atoms with Gasteiger partial charge in [0.1, 0.15) is 17.4 Å². The number of piperidine rings is 1. The molecule has 1 aromatic heterocycles. The van der Waals surface area contributed by atoms with Crippen LogP contribution >= 0.6 is 0 Å². The molecule has 2 atom stereocenters. The maximum absolute atomic E-state index is 15.3. The van der Waals surface area contributed by atoms with E-state index in [1.165, 1.54) is 6.20 Å². The first-order valence-electron chi connectivity index (χ1n) is 11.4. The largest absolute Gasteiger partial charge is 0.511 e. The number of carbonyl (C=O) groups is 2. The lowest BCUT2D eigenvalue weighted by molar-refractivity contribution is -0.192. The highest BCUT2D eigenvalue weighted by Gasteiger charge is 2.39. The maximum atomic E-state index is 15.3. The summed E-state index contributed by atoms with van der Waals surface area (Å²) in [5.41, 5.74) is -0.0404. The van der Waals surface area contributed by atoms with E-state index in [0.717, 1.165) is 38.3 Å². The predicted molar refractivity (Wildman–Crippen MR) is 120 cm³/mol. The number of nitrogens with one attached hydrogen (secondary N) is 1. The average molecular weight is 526 g/mol. The molecule has 0 spiro atoms. The van der Waals surface area contributed by atoms with Crippen LogP contribution in [0, 0.1) is 23.1 Å². The number of hydrogen-bond donors (Lipinski definition) is 3. The van der Waals surface area contributed by atoms with Crippen molar-refractivity contribution in [2.24, 2.45) is 5.92 Å². The highest BCUT2D eigenvalue weighted by Crippen LogP contribution is 2.41. The predicted octanol–water partition coefficient (Wildman–Crippen LogP) is 3.23. The Morgan fingerprint density at radius 2 is 1.86 bits per heavy atom. The number of carboxylic acid groups (broad SMARTS) is 2. The number of nitriles is 1. The van der Waals surface area contributed by atoms with E-state index in [-0.39, 0.29) is 34.5 Å². The highest BCUT2D eigenvalue weighted by molar-refractivity contribution is 5.92. The van der Waals surface area contributed by atoms with Gasteiger partial charge in [-0.2, -0.15) is 18.4 Å². The van der Waals surface area contributed by atoms with Crippen molar-refractivity contribution in [2.45, 2.75) is 43.9 Å². The zero-order valence-electron chi connectivity index (χ0n) is 19.2. The molecule has 37 heavy (non-hydrogen) atoms. The van der Waals surface area contributed by atoms with Crippen LogP contribution in [0.4, 0.5) is 28.0 Å². The molecule has 1 aliphatic carbocycles. The van der Waals surface area contributed by atoms with Crippen LogP contribution in [0.1, 0.15) is 37.3 Å². The molecule has 0 bridgehead atoms. The standard InChI is InChI=1S/C21H21FN4O4.C2HF3O2/c22-15-6-13-18(26(12-3-4-12)10-17(20(13)27)30-21(28)29)14(7-23)19(15)25-8-11-2-1-5-24-16(11)9-25;3-2(4,5)1(6)7/h6,10-12,16,24H,1-5,8-9H2,(H,28,29);(H,6,7)/t11-,16+;/m0./s1. The van der Waals surface area contributed by atoms with Crippen LogP contribution in [0.3, 0.4) is 0 Å². The van der Waals surface area contributed by atoms with Gasteiger partial charge in [-0.1, -0.05) is 0 Å². The van der Waals surface area contributed by atoms with E-state index in [1.807, 2.05) is 4.90 Å². The lowest BCUT2D eigenvalue weighted by atomic mass is 9.94. The van der Waals surface area contributed by atoms with Gasteiger partial charge in [0.05, 0.1) is 22.8 Å². The van der Waals surface area contributed by atoms with Crippen molar-refractivity contribution >= 4 is 28.7 Å². The smallest absolute Gasteiger partial charge is 0.475 e. The number of fused-ring (bicyclic) bond motifs is 2. The molecule has 3 heterocycles. The third-order valence-electron chi connectivity index (χ3n) is 6.62. The molecule has 0 radical (unpaired) electrons. The minimum Gasteiger partial charge on any atom is -0.475 e. The normalized spacial score (nSPS) is 21.0. The summed E-state index contributed by atoms with van der Waals surface area (Å²) < 4.78 is 53.4. The van der Waals surface area contributed by atoms with E-state index < -0.39 is 29.5 Å². The van der Waals surface area contributed by atoms with E-state index in [9.17, 15) is 28.0 Å². The summed E-state index contributed by atoms with van der Waals surface area (Å²) >= 11 is 0. The number of aliphatic carboxylic acids is 1. The summed E-state index contributed by atoms with van der Waals surface area (Å²) in [5, 5.41) is 29.5. The third kappa shape index (κ3) is 5.31. The van der Waals surface area contributed by atoms with Crippen LogP contribution in [-0.4, -0.2) is 58.8 Å². The lowest BCUT2D eigenvalue weighted by Crippen LogP contribution is -2.40. The molecule has 3 N–H and O–H groups in total. The fraction of sp³-hybridized carbons (Fsp3) is 0.478. The molecule has 2 aliphatic heterocycles. The Hall–Kier alpha value is -3.86. The number of pyridine rings is 1. The van der Waals surface area contributed by atoms with E-state index in [2.05, 4.69) is 16.1 Å². The molecule has 0 unspecified atom stereocenters. The number of alkyl halides is 3. The van der Waals surface area contributed by atoms with Crippen LogP contribution in [-0.2, 0) is 4.79 Å². The molecule has 1 saturated carbocycles. The van der Waals surface area contributed by atoms with Gasteiger partial charge >= 0.3 is 18.3 Å². The van der Waals surface area contributed by atoms with Gasteiger partial charge in [-0.05, 0) is 44.2 Å². The number of aromatic nitrogens is 1. The van der Waals surface area contributed by atoms with Gasteiger partial charge in [0.25, 0.3) is 0 Å². The first-order valence-corrected chi connectivity index (χ1v) is 11.4. The number of halogens is 4. The molecule has 1 aromatic carbocycles. The highest BCUT2D eigenvalue weighted by atomic mass is 19.4. The number of ether oxygens (including phenoxy) is 1. The monoisotopic (exact) mass is 526 g/mol. The van der Waals surface area contributed by atoms with Gasteiger partial charge in [0, 0.05) is 25.2 Å². The Kier molecular flexibility index (Phi) is 7.00. The molecule has 2 saturated heterocycles. The van der Waals surface area contributed by atoms with Gasteiger partial charge in [-0.3, -0.25) is 4.79 Å². The average Bonchev–Trinajstić information content (AvgIpc) is 3.58. The quantitative estimate of drug-likeness (QED) is 0.405. The van der Waals surface area contributed by atoms with E-state index in [1.54, 1.807) is 4.57 Å². The maximum Gasteiger partial charge on any atom is 0.511 e. The fourth-order valence-electron chi connectivity index (χ4n) is 4.91. The van der Waals surface area contributed by atoms with E-state index in [0.29, 0.717) is 24.5 Å². The third-order valence-corrected chi connectivity index (χ3v) is 6.62. The van der Waals surface area contributed by atoms with Gasteiger partial charge in [0.2, 0.25) is 5.43 Å². The van der Waals surface area contributed by atoms with Crippen molar-refractivity contribution in [3.63, 3.8) is 0 Å². The number of benzene rings is 1. The van der Waals surface area contributed by atoms with Gasteiger partial charge in [-0.25, -0.2) is 14.0 Å². The lowest BCUT2D eigenvalue weighted by Gasteiger charge is -2.24. The van der Waals surface area contributed by atoms with Crippen LogP contribution < -0.4 is 20.4 Å². The van der Waals surface area contributed by atoms with E-state index in [4.69, 9.17) is 15.0 Å². The molecule has 3 aliphatic rings. The zero-order chi connectivity index (χ0) is 27.1.